The molecule has 4 nitrogen and oxygen atoms in total. The molecule has 2 aliphatic heterocycles. The molecule has 8 aromatic carbocycles. The van der Waals surface area contributed by atoms with Gasteiger partial charge < -0.3 is 32.3 Å². The van der Waals surface area contributed by atoms with Gasteiger partial charge in [0.05, 0.1) is 50.8 Å². The topological polar surface area (TPSA) is 36.9 Å². The Labute approximate surface area is 448 Å². The van der Waals surface area contributed by atoms with Gasteiger partial charge in [-0.1, -0.05) is 243 Å². The van der Waals surface area contributed by atoms with Gasteiger partial charge >= 0.3 is 17.1 Å². The van der Waals surface area contributed by atoms with Crippen LogP contribution in [0.1, 0.15) is 44.5 Å². The smallest absolute Gasteiger partial charge is 0.370 e. The summed E-state index contributed by atoms with van der Waals surface area (Å²) in [5, 5.41) is 0. The molecule has 0 N–H and O–H groups in total. The van der Waals surface area contributed by atoms with Crippen LogP contribution in [0.15, 0.2) is 243 Å². The van der Waals surface area contributed by atoms with E-state index >= 15 is 0 Å². The Morgan fingerprint density at radius 1 is 0.247 bits per heavy atom. The maximum Gasteiger partial charge on any atom is 2.00 e. The van der Waals surface area contributed by atoms with Crippen LogP contribution in [-0.2, 0) is 88.1 Å². The van der Waals surface area contributed by atoms with Gasteiger partial charge in [0.2, 0.25) is 0 Å². The first-order valence-electron chi connectivity index (χ1n) is 25.5. The van der Waals surface area contributed by atoms with Crippen LogP contribution in [0.2, 0.25) is 0 Å². The third-order valence-corrected chi connectivity index (χ3v) is 19.5. The molecule has 7 heteroatoms. The van der Waals surface area contributed by atoms with Gasteiger partial charge in [-0.15, -0.1) is 0 Å². The maximum absolute atomic E-state index is 6.76. The van der Waals surface area contributed by atoms with Crippen LogP contribution in [0.5, 0.6) is 0 Å². The van der Waals surface area contributed by atoms with Crippen LogP contribution < -0.4 is 0 Å². The number of hydrogen-bond donors (Lipinski definition) is 0. The van der Waals surface area contributed by atoms with Crippen molar-refractivity contribution in [3.63, 3.8) is 0 Å². The van der Waals surface area contributed by atoms with Crippen molar-refractivity contribution in [3.8, 4) is 0 Å². The van der Waals surface area contributed by atoms with Crippen molar-refractivity contribution >= 4 is 15.8 Å². The molecule has 0 saturated carbocycles. The molecular formula is C66H68FeO4P2. The molecule has 374 valence electrons. The average molecular weight is 1040 g/mol. The zero-order valence-electron chi connectivity index (χ0n) is 41.7. The molecule has 8 aromatic rings. The fraction of sp³-hybridized carbons (Fsp3) is 0.242. The van der Waals surface area contributed by atoms with Crippen LogP contribution >= 0.6 is 15.8 Å². The fourth-order valence-electron chi connectivity index (χ4n) is 10.4. The molecule has 2 saturated heterocycles. The Kier molecular flexibility index (Phi) is 21.2. The first kappa shape index (κ1) is 54.2. The Balaban J connectivity index is 0.000000192. The first-order chi connectivity index (χ1) is 35.6. The molecule has 10 rings (SSSR count). The van der Waals surface area contributed by atoms with E-state index in [0.717, 1.165) is 25.7 Å². The number of ether oxygens (including phenoxy) is 4. The Morgan fingerprint density at radius 2 is 0.397 bits per heavy atom. The molecular weight excluding hydrogens is 975 g/mol. The second kappa shape index (κ2) is 28.6. The molecule has 2 unspecified atom stereocenters. The van der Waals surface area contributed by atoms with Gasteiger partial charge in [-0.05, 0) is 92.8 Å². The second-order valence-electron chi connectivity index (χ2n) is 19.1. The predicted molar refractivity (Wildman–Crippen MR) is 300 cm³/mol. The van der Waals surface area contributed by atoms with Gasteiger partial charge in [-0.25, -0.2) is 0 Å². The van der Waals surface area contributed by atoms with Crippen LogP contribution in [0, 0.1) is 13.3 Å². The minimum atomic E-state index is -0.579. The molecule has 0 amide bonds. The zero-order chi connectivity index (χ0) is 49.2. The van der Waals surface area contributed by atoms with Crippen LogP contribution in [0.4, 0.5) is 0 Å². The minimum Gasteiger partial charge on any atom is -0.370 e. The van der Waals surface area contributed by atoms with Gasteiger partial charge in [0.1, 0.15) is 0 Å². The van der Waals surface area contributed by atoms with Crippen molar-refractivity contribution in [2.45, 2.75) is 99.2 Å². The summed E-state index contributed by atoms with van der Waals surface area (Å²) in [7, 11) is -1.16. The van der Waals surface area contributed by atoms with E-state index in [4.69, 9.17) is 32.3 Å². The molecule has 0 radical (unpaired) electrons. The summed E-state index contributed by atoms with van der Waals surface area (Å²) >= 11 is 0. The van der Waals surface area contributed by atoms with Gasteiger partial charge in [0, 0.05) is 0 Å². The summed E-state index contributed by atoms with van der Waals surface area (Å²) in [4.78, 5) is 0. The van der Waals surface area contributed by atoms with Crippen LogP contribution in [0.3, 0.4) is 0 Å². The third kappa shape index (κ3) is 15.5. The first-order valence-corrected chi connectivity index (χ1v) is 28.8. The van der Waals surface area contributed by atoms with E-state index in [9.17, 15) is 0 Å². The average Bonchev–Trinajstić information content (AvgIpc) is 3.83. The molecule has 73 heavy (non-hydrogen) atoms. The SMILES string of the molecule is [CH2-]P1C(Cc2ccccc2)[C@@H](OCc2ccccc2)[C@@H](OCc2ccccc2)[C@@H]1Cc1ccccc1.[CH2-]P1[C@@H](Cc2ccccc2)[C@H](OCc2ccccc2)[C@@H](OCc2ccccc2)[C@@H]1Cc1ccccc1.[Fe+2]. The molecule has 0 spiro atoms. The normalized spacial score (nSPS) is 22.5. The molecule has 9 atom stereocenters. The monoisotopic (exact) mass is 1040 g/mol. The molecule has 2 aliphatic rings. The van der Waals surface area contributed by atoms with Crippen molar-refractivity contribution in [1.29, 1.82) is 0 Å². The van der Waals surface area contributed by atoms with E-state index < -0.39 is 15.8 Å². The van der Waals surface area contributed by atoms with E-state index in [-0.39, 0.29) is 41.5 Å². The maximum atomic E-state index is 6.76. The van der Waals surface area contributed by atoms with Crippen molar-refractivity contribution in [3.05, 3.63) is 300 Å². The molecule has 0 bridgehead atoms. The van der Waals surface area contributed by atoms with Gasteiger partial charge in [-0.3, -0.25) is 15.8 Å². The van der Waals surface area contributed by atoms with Crippen molar-refractivity contribution in [1.82, 2.24) is 0 Å². The quantitative estimate of drug-likeness (QED) is 0.0433. The Bertz CT molecular complexity index is 2340. The Hall–Kier alpha value is -5.02. The van der Waals surface area contributed by atoms with Gasteiger partial charge in [0.25, 0.3) is 0 Å². The van der Waals surface area contributed by atoms with Crippen molar-refractivity contribution < 1.29 is 36.0 Å². The number of rotatable bonds is 20. The number of hydrogen-bond acceptors (Lipinski definition) is 4. The van der Waals surface area contributed by atoms with E-state index in [1.165, 1.54) is 44.5 Å². The minimum absolute atomic E-state index is 0. The van der Waals surface area contributed by atoms with Crippen LogP contribution in [0.25, 0.3) is 0 Å². The van der Waals surface area contributed by atoms with Crippen molar-refractivity contribution in [2.24, 2.45) is 0 Å². The number of benzene rings is 8. The zero-order valence-corrected chi connectivity index (χ0v) is 44.6. The molecule has 2 fully saturated rings. The Morgan fingerprint density at radius 3 is 0.562 bits per heavy atom. The predicted octanol–water partition coefficient (Wildman–Crippen LogP) is 15.3. The van der Waals surface area contributed by atoms with E-state index in [2.05, 4.69) is 218 Å². The van der Waals surface area contributed by atoms with E-state index in [0.29, 0.717) is 49.1 Å². The summed E-state index contributed by atoms with van der Waals surface area (Å²) in [5.41, 5.74) is 11.5. The summed E-state index contributed by atoms with van der Waals surface area (Å²) < 4.78 is 27.1. The molecule has 0 aromatic heterocycles. The van der Waals surface area contributed by atoms with Gasteiger partial charge in [0.15, 0.2) is 0 Å². The summed E-state index contributed by atoms with van der Waals surface area (Å²) in [6.07, 6.45) is 3.83. The van der Waals surface area contributed by atoms with Crippen molar-refractivity contribution in [2.75, 3.05) is 0 Å². The third-order valence-electron chi connectivity index (χ3n) is 14.2. The van der Waals surface area contributed by atoms with E-state index in [1.54, 1.807) is 0 Å². The standard InChI is InChI=1S/2C33H34O2P.Fe/c2*1-36-30(22-26-14-6-2-7-15-26)32(34-24-28-18-10-4-11-19-28)33(35-25-29-20-12-5-13-21-29)31(36)23-27-16-8-3-9-17-27;/h2*2-21,30-33H,1,22-25H2;/q2*-1;+2/t30-,31?,32-,33+,36?;30-,31-,32-,33-;/m00./s1. The summed E-state index contributed by atoms with van der Waals surface area (Å²) in [5.74, 6) is 0. The van der Waals surface area contributed by atoms with E-state index in [1.807, 2.05) is 24.3 Å². The second-order valence-corrected chi connectivity index (χ2v) is 23.8. The van der Waals surface area contributed by atoms with Crippen LogP contribution in [-0.4, -0.2) is 47.1 Å². The summed E-state index contributed by atoms with van der Waals surface area (Å²) in [6.45, 7) is 12.0. The molecule has 0 aliphatic carbocycles. The largest absolute Gasteiger partial charge is 2.00 e. The fourth-order valence-corrected chi connectivity index (χ4v) is 15.7. The molecule has 2 heterocycles. The van der Waals surface area contributed by atoms with Gasteiger partial charge in [-0.2, -0.15) is 0 Å². The summed E-state index contributed by atoms with van der Waals surface area (Å²) in [6, 6.07) is 85.0.